The number of halogens is 2. The number of aromatic carboxylic acids is 1. The van der Waals surface area contributed by atoms with Crippen molar-refractivity contribution in [1.29, 1.82) is 0 Å². The zero-order valence-corrected chi connectivity index (χ0v) is 10.9. The van der Waals surface area contributed by atoms with Crippen LogP contribution in [-0.2, 0) is 4.74 Å². The molecule has 0 radical (unpaired) electrons. The molecule has 21 heavy (non-hydrogen) atoms. The minimum absolute atomic E-state index is 0.0476. The summed E-state index contributed by atoms with van der Waals surface area (Å²) in [6, 6.07) is 6.46. The van der Waals surface area contributed by atoms with Gasteiger partial charge in [-0.2, -0.15) is 0 Å². The van der Waals surface area contributed by atoms with E-state index in [1.165, 1.54) is 12.1 Å². The molecule has 6 heteroatoms. The highest BCUT2D eigenvalue weighted by molar-refractivity contribution is 5.92. The summed E-state index contributed by atoms with van der Waals surface area (Å²) in [6.45, 7) is 0. The van der Waals surface area contributed by atoms with Crippen LogP contribution in [0.2, 0.25) is 0 Å². The van der Waals surface area contributed by atoms with E-state index in [4.69, 9.17) is 5.11 Å². The van der Waals surface area contributed by atoms with Crippen LogP contribution < -0.4 is 0 Å². The van der Waals surface area contributed by atoms with Crippen molar-refractivity contribution in [3.8, 4) is 11.1 Å². The van der Waals surface area contributed by atoms with Gasteiger partial charge in [0.1, 0.15) is 11.6 Å². The smallest absolute Gasteiger partial charge is 0.337 e. The Morgan fingerprint density at radius 3 is 1.86 bits per heavy atom. The maximum atomic E-state index is 13.6. The van der Waals surface area contributed by atoms with Gasteiger partial charge in [0.05, 0.1) is 18.2 Å². The Hall–Kier alpha value is -2.76. The van der Waals surface area contributed by atoms with E-state index in [2.05, 4.69) is 4.74 Å². The fourth-order valence-electron chi connectivity index (χ4n) is 1.87. The summed E-state index contributed by atoms with van der Waals surface area (Å²) in [7, 11) is 1.15. The van der Waals surface area contributed by atoms with E-state index in [0.29, 0.717) is 0 Å². The van der Waals surface area contributed by atoms with Crippen LogP contribution in [0.5, 0.6) is 0 Å². The van der Waals surface area contributed by atoms with Crippen molar-refractivity contribution in [2.45, 2.75) is 0 Å². The minimum Gasteiger partial charge on any atom is -0.478 e. The maximum Gasteiger partial charge on any atom is 0.337 e. The van der Waals surface area contributed by atoms with Crippen LogP contribution in [0.4, 0.5) is 8.78 Å². The molecular formula is C15H10F2O4. The van der Waals surface area contributed by atoms with Crippen LogP contribution in [0.15, 0.2) is 36.4 Å². The molecule has 108 valence electrons. The van der Waals surface area contributed by atoms with Crippen molar-refractivity contribution >= 4 is 11.9 Å². The lowest BCUT2D eigenvalue weighted by atomic mass is 10.0. The summed E-state index contributed by atoms with van der Waals surface area (Å²) in [5, 5.41) is 8.90. The zero-order chi connectivity index (χ0) is 15.6. The van der Waals surface area contributed by atoms with E-state index >= 15 is 0 Å². The molecule has 2 rings (SSSR count). The molecule has 0 fully saturated rings. The van der Waals surface area contributed by atoms with Gasteiger partial charge in [0.25, 0.3) is 0 Å². The third kappa shape index (κ3) is 3.22. The number of esters is 1. The molecule has 0 amide bonds. The number of methoxy groups -OCH3 is 1. The summed E-state index contributed by atoms with van der Waals surface area (Å²) >= 11 is 0. The summed E-state index contributed by atoms with van der Waals surface area (Å²) in [4.78, 5) is 22.3. The van der Waals surface area contributed by atoms with E-state index in [1.54, 1.807) is 0 Å². The number of carbonyl (C=O) groups excluding carboxylic acids is 1. The van der Waals surface area contributed by atoms with Gasteiger partial charge < -0.3 is 9.84 Å². The first-order chi connectivity index (χ1) is 9.90. The van der Waals surface area contributed by atoms with Crippen molar-refractivity contribution in [2.75, 3.05) is 7.11 Å². The summed E-state index contributed by atoms with van der Waals surface area (Å²) in [6.07, 6.45) is 0. The average Bonchev–Trinajstić information content (AvgIpc) is 2.45. The van der Waals surface area contributed by atoms with Gasteiger partial charge in [-0.15, -0.1) is 0 Å². The SMILES string of the molecule is COC(=O)c1cc(F)cc(-c2cc(F)cc(C(=O)O)c2)c1. The summed E-state index contributed by atoms with van der Waals surface area (Å²) < 4.78 is 31.5. The first-order valence-electron chi connectivity index (χ1n) is 5.84. The van der Waals surface area contributed by atoms with Gasteiger partial charge in [0, 0.05) is 0 Å². The molecule has 4 nitrogen and oxygen atoms in total. The number of carboxylic acids is 1. The summed E-state index contributed by atoms with van der Waals surface area (Å²) in [5.41, 5.74) is 0.0111. The van der Waals surface area contributed by atoms with Crippen LogP contribution in [0, 0.1) is 11.6 Å². The predicted octanol–water partition coefficient (Wildman–Crippen LogP) is 3.12. The lowest BCUT2D eigenvalue weighted by Gasteiger charge is -2.07. The molecule has 0 atom stereocenters. The quantitative estimate of drug-likeness (QED) is 0.883. The van der Waals surface area contributed by atoms with Gasteiger partial charge in [0.2, 0.25) is 0 Å². The van der Waals surface area contributed by atoms with E-state index in [-0.39, 0.29) is 22.3 Å². The van der Waals surface area contributed by atoms with Gasteiger partial charge in [0.15, 0.2) is 0 Å². The number of rotatable bonds is 3. The summed E-state index contributed by atoms with van der Waals surface area (Å²) in [5.74, 6) is -3.53. The molecular weight excluding hydrogens is 282 g/mol. The number of ether oxygens (including phenoxy) is 1. The minimum atomic E-state index is -1.31. The van der Waals surface area contributed by atoms with E-state index in [1.807, 2.05) is 0 Å². The highest BCUT2D eigenvalue weighted by Crippen LogP contribution is 2.25. The average molecular weight is 292 g/mol. The normalized spacial score (nSPS) is 10.2. The molecule has 0 saturated heterocycles. The molecule has 1 N–H and O–H groups in total. The predicted molar refractivity (Wildman–Crippen MR) is 70.1 cm³/mol. The lowest BCUT2D eigenvalue weighted by Crippen LogP contribution is -2.02. The third-order valence-electron chi connectivity index (χ3n) is 2.80. The lowest BCUT2D eigenvalue weighted by molar-refractivity contribution is 0.0599. The molecule has 0 bridgehead atoms. The Morgan fingerprint density at radius 1 is 0.905 bits per heavy atom. The van der Waals surface area contributed by atoms with Crippen molar-refractivity contribution in [1.82, 2.24) is 0 Å². The van der Waals surface area contributed by atoms with E-state index in [9.17, 15) is 18.4 Å². The fourth-order valence-corrected chi connectivity index (χ4v) is 1.87. The van der Waals surface area contributed by atoms with Crippen LogP contribution in [0.1, 0.15) is 20.7 Å². The molecule has 0 aliphatic carbocycles. The monoisotopic (exact) mass is 292 g/mol. The van der Waals surface area contributed by atoms with Crippen LogP contribution in [0.3, 0.4) is 0 Å². The number of benzene rings is 2. The first kappa shape index (κ1) is 14.6. The van der Waals surface area contributed by atoms with Gasteiger partial charge in [-0.25, -0.2) is 18.4 Å². The maximum absolute atomic E-state index is 13.6. The second-order valence-corrected chi connectivity index (χ2v) is 4.25. The Balaban J connectivity index is 2.58. The Morgan fingerprint density at radius 2 is 1.38 bits per heavy atom. The van der Waals surface area contributed by atoms with Crippen molar-refractivity contribution < 1.29 is 28.2 Å². The van der Waals surface area contributed by atoms with Crippen LogP contribution in [0.25, 0.3) is 11.1 Å². The molecule has 0 aliphatic heterocycles. The molecule has 2 aromatic rings. The second kappa shape index (κ2) is 5.70. The van der Waals surface area contributed by atoms with Gasteiger partial charge in [-0.1, -0.05) is 0 Å². The largest absolute Gasteiger partial charge is 0.478 e. The first-order valence-corrected chi connectivity index (χ1v) is 5.84. The van der Waals surface area contributed by atoms with Crippen molar-refractivity contribution in [2.24, 2.45) is 0 Å². The molecule has 0 unspecified atom stereocenters. The van der Waals surface area contributed by atoms with E-state index in [0.717, 1.165) is 31.4 Å². The van der Waals surface area contributed by atoms with Crippen LogP contribution >= 0.6 is 0 Å². The number of hydrogen-bond donors (Lipinski definition) is 1. The van der Waals surface area contributed by atoms with Crippen molar-refractivity contribution in [3.63, 3.8) is 0 Å². The molecule has 0 spiro atoms. The number of hydrogen-bond acceptors (Lipinski definition) is 3. The van der Waals surface area contributed by atoms with Crippen LogP contribution in [-0.4, -0.2) is 24.2 Å². The molecule has 0 saturated carbocycles. The van der Waals surface area contributed by atoms with Gasteiger partial charge in [-0.05, 0) is 47.5 Å². The molecule has 0 aromatic heterocycles. The van der Waals surface area contributed by atoms with Gasteiger partial charge >= 0.3 is 11.9 Å². The molecule has 2 aromatic carbocycles. The number of carboxylic acid groups (broad SMARTS) is 1. The Bertz CT molecular complexity index is 726. The standard InChI is InChI=1S/C15H10F2O4/c1-21-15(20)11-3-9(5-13(17)7-11)8-2-10(14(18)19)6-12(16)4-8/h2-7H,1H3,(H,18,19). The third-order valence-corrected chi connectivity index (χ3v) is 2.80. The highest BCUT2D eigenvalue weighted by Gasteiger charge is 2.13. The fraction of sp³-hybridized carbons (Fsp3) is 0.0667. The highest BCUT2D eigenvalue weighted by atomic mass is 19.1. The Kier molecular flexibility index (Phi) is 3.98. The Labute approximate surface area is 118 Å². The van der Waals surface area contributed by atoms with Crippen molar-refractivity contribution in [3.05, 3.63) is 59.2 Å². The van der Waals surface area contributed by atoms with Gasteiger partial charge in [-0.3, -0.25) is 0 Å². The topological polar surface area (TPSA) is 63.6 Å². The number of carbonyl (C=O) groups is 2. The zero-order valence-electron chi connectivity index (χ0n) is 10.9. The van der Waals surface area contributed by atoms with E-state index < -0.39 is 23.6 Å². The molecule has 0 aliphatic rings. The second-order valence-electron chi connectivity index (χ2n) is 4.25. The molecule has 0 heterocycles.